The molecule has 0 spiro atoms. The van der Waals surface area contributed by atoms with Crippen molar-refractivity contribution in [3.63, 3.8) is 0 Å². The lowest BCUT2D eigenvalue weighted by Gasteiger charge is -2.43. The number of aromatic nitrogens is 3. The van der Waals surface area contributed by atoms with Gasteiger partial charge >= 0.3 is 5.97 Å². The molecule has 2 aromatic heterocycles. The standard InChI is InChI=1S/C25H29F2N5O2/c1-15-5-4-6-18(23(15)27)14-32-10-9-25(24(33)34,12-17(32)3)13-20-19(26)7-8-21(28-20)29-22-11-16(2)30-31-22/h4-8,11,17H,9-10,12-14H2,1-3H3,(H,33,34)(H2,28,29,30,31)/t17-,25-/m1/s1. The summed E-state index contributed by atoms with van der Waals surface area (Å²) in [4.78, 5) is 18.9. The highest BCUT2D eigenvalue weighted by Gasteiger charge is 2.45. The maximum atomic E-state index is 14.7. The molecule has 1 aromatic carbocycles. The lowest BCUT2D eigenvalue weighted by Crippen LogP contribution is -2.50. The van der Waals surface area contributed by atoms with Crippen LogP contribution >= 0.6 is 0 Å². The largest absolute Gasteiger partial charge is 0.481 e. The summed E-state index contributed by atoms with van der Waals surface area (Å²) < 4.78 is 29.2. The number of aryl methyl sites for hydroxylation is 2. The number of carbonyl (C=O) groups is 1. The Kier molecular flexibility index (Phi) is 6.65. The SMILES string of the molecule is Cc1cc(Nc2ccc(F)c(C[C@@]3(C(=O)O)CCN(Cc4cccc(C)c4F)[C@H](C)C3)n2)n[nH]1. The number of aliphatic carboxylic acids is 1. The van der Waals surface area contributed by atoms with Crippen LogP contribution in [0.2, 0.25) is 0 Å². The van der Waals surface area contributed by atoms with Crippen LogP contribution < -0.4 is 5.32 Å². The van der Waals surface area contributed by atoms with Crippen LogP contribution in [0.25, 0.3) is 0 Å². The Morgan fingerprint density at radius 2 is 2.06 bits per heavy atom. The molecule has 3 N–H and O–H groups in total. The van der Waals surface area contributed by atoms with Gasteiger partial charge in [-0.2, -0.15) is 5.10 Å². The van der Waals surface area contributed by atoms with Gasteiger partial charge in [-0.15, -0.1) is 0 Å². The van der Waals surface area contributed by atoms with Gasteiger partial charge in [0, 0.05) is 36.3 Å². The number of likely N-dealkylation sites (tertiary alicyclic amines) is 1. The van der Waals surface area contributed by atoms with Crippen LogP contribution in [0.5, 0.6) is 0 Å². The average Bonchev–Trinajstić information content (AvgIpc) is 3.20. The van der Waals surface area contributed by atoms with Crippen molar-refractivity contribution in [2.45, 2.75) is 52.6 Å². The summed E-state index contributed by atoms with van der Waals surface area (Å²) in [5, 5.41) is 20.1. The number of halogens is 2. The molecule has 0 saturated carbocycles. The fraction of sp³-hybridized carbons (Fsp3) is 0.400. The van der Waals surface area contributed by atoms with E-state index >= 15 is 0 Å². The van der Waals surface area contributed by atoms with E-state index in [0.29, 0.717) is 48.7 Å². The topological polar surface area (TPSA) is 94.1 Å². The lowest BCUT2D eigenvalue weighted by molar-refractivity contribution is -0.153. The van der Waals surface area contributed by atoms with Crippen LogP contribution in [0, 0.1) is 30.9 Å². The fourth-order valence-electron chi connectivity index (χ4n) is 4.70. The number of carboxylic acid groups (broad SMARTS) is 1. The summed E-state index contributed by atoms with van der Waals surface area (Å²) in [6.45, 7) is 6.39. The molecule has 7 nitrogen and oxygen atoms in total. The summed E-state index contributed by atoms with van der Waals surface area (Å²) in [6, 6.07) is 9.76. The number of nitrogens with one attached hydrogen (secondary N) is 2. The maximum absolute atomic E-state index is 14.7. The van der Waals surface area contributed by atoms with Gasteiger partial charge in [0.1, 0.15) is 17.5 Å². The summed E-state index contributed by atoms with van der Waals surface area (Å²) in [5.74, 6) is -0.804. The number of piperidine rings is 1. The molecule has 1 fully saturated rings. The van der Waals surface area contributed by atoms with E-state index in [1.807, 2.05) is 19.9 Å². The van der Waals surface area contributed by atoms with Crippen LogP contribution in [0.15, 0.2) is 36.4 Å². The number of pyridine rings is 1. The molecule has 0 unspecified atom stereocenters. The van der Waals surface area contributed by atoms with E-state index in [4.69, 9.17) is 0 Å². The van der Waals surface area contributed by atoms with Crippen molar-refractivity contribution in [2.24, 2.45) is 5.41 Å². The van der Waals surface area contributed by atoms with Crippen LogP contribution in [-0.2, 0) is 17.8 Å². The van der Waals surface area contributed by atoms with Crippen molar-refractivity contribution in [2.75, 3.05) is 11.9 Å². The average molecular weight is 470 g/mol. The van der Waals surface area contributed by atoms with Crippen molar-refractivity contribution in [3.8, 4) is 0 Å². The first-order valence-electron chi connectivity index (χ1n) is 11.3. The molecule has 0 aliphatic carbocycles. The number of H-pyrrole nitrogens is 1. The Bertz CT molecular complexity index is 1200. The number of aromatic amines is 1. The van der Waals surface area contributed by atoms with Crippen molar-refractivity contribution in [1.29, 1.82) is 0 Å². The zero-order chi connectivity index (χ0) is 24.5. The van der Waals surface area contributed by atoms with Crippen LogP contribution in [0.1, 0.15) is 42.3 Å². The Morgan fingerprint density at radius 3 is 2.74 bits per heavy atom. The number of benzene rings is 1. The second-order valence-corrected chi connectivity index (χ2v) is 9.27. The zero-order valence-corrected chi connectivity index (χ0v) is 19.5. The molecule has 0 bridgehead atoms. The molecule has 3 aromatic rings. The normalized spacial score (nSPS) is 20.9. The maximum Gasteiger partial charge on any atom is 0.310 e. The minimum Gasteiger partial charge on any atom is -0.481 e. The van der Waals surface area contributed by atoms with Gasteiger partial charge in [-0.3, -0.25) is 14.8 Å². The Morgan fingerprint density at radius 1 is 1.26 bits per heavy atom. The Labute approximate surface area is 197 Å². The quantitative estimate of drug-likeness (QED) is 0.463. The molecular weight excluding hydrogens is 440 g/mol. The smallest absolute Gasteiger partial charge is 0.310 e. The van der Waals surface area contributed by atoms with Gasteiger partial charge in [-0.05, 0) is 57.9 Å². The molecule has 0 radical (unpaired) electrons. The van der Waals surface area contributed by atoms with Crippen LogP contribution in [0.4, 0.5) is 20.4 Å². The number of anilines is 2. The second-order valence-electron chi connectivity index (χ2n) is 9.27. The van der Waals surface area contributed by atoms with Gasteiger partial charge in [-0.1, -0.05) is 18.2 Å². The summed E-state index contributed by atoms with van der Waals surface area (Å²) >= 11 is 0. The molecule has 1 aliphatic rings. The second kappa shape index (κ2) is 9.50. The predicted molar refractivity (Wildman–Crippen MR) is 125 cm³/mol. The monoisotopic (exact) mass is 469 g/mol. The van der Waals surface area contributed by atoms with Crippen LogP contribution in [-0.4, -0.2) is 43.7 Å². The highest BCUT2D eigenvalue weighted by molar-refractivity contribution is 5.75. The minimum absolute atomic E-state index is 0.0275. The van der Waals surface area contributed by atoms with Gasteiger partial charge in [0.15, 0.2) is 5.82 Å². The number of nitrogens with zero attached hydrogens (tertiary/aromatic N) is 3. The van der Waals surface area contributed by atoms with E-state index < -0.39 is 17.2 Å². The summed E-state index contributed by atoms with van der Waals surface area (Å²) in [5.41, 5.74) is 0.985. The highest BCUT2D eigenvalue weighted by atomic mass is 19.1. The van der Waals surface area contributed by atoms with Gasteiger partial charge in [-0.25, -0.2) is 13.8 Å². The molecule has 0 amide bonds. The molecule has 2 atom stereocenters. The first-order valence-corrected chi connectivity index (χ1v) is 11.3. The van der Waals surface area contributed by atoms with Crippen molar-refractivity contribution < 1.29 is 18.7 Å². The first-order chi connectivity index (χ1) is 16.2. The first kappa shape index (κ1) is 23.8. The molecule has 9 heteroatoms. The molecule has 1 saturated heterocycles. The van der Waals surface area contributed by atoms with Gasteiger partial charge in [0.25, 0.3) is 0 Å². The molecule has 3 heterocycles. The molecule has 180 valence electrons. The van der Waals surface area contributed by atoms with E-state index in [2.05, 4.69) is 25.4 Å². The van der Waals surface area contributed by atoms with Crippen molar-refractivity contribution in [1.82, 2.24) is 20.1 Å². The van der Waals surface area contributed by atoms with E-state index in [9.17, 15) is 18.7 Å². The molecule has 1 aliphatic heterocycles. The van der Waals surface area contributed by atoms with Crippen molar-refractivity contribution in [3.05, 3.63) is 70.5 Å². The van der Waals surface area contributed by atoms with Crippen molar-refractivity contribution >= 4 is 17.6 Å². The van der Waals surface area contributed by atoms with E-state index in [0.717, 1.165) is 5.69 Å². The minimum atomic E-state index is -1.16. The van der Waals surface area contributed by atoms with Gasteiger partial charge in [0.05, 0.1) is 11.1 Å². The lowest BCUT2D eigenvalue weighted by atomic mass is 9.72. The van der Waals surface area contributed by atoms with Crippen LogP contribution in [0.3, 0.4) is 0 Å². The van der Waals surface area contributed by atoms with E-state index in [-0.39, 0.29) is 24.0 Å². The number of hydrogen-bond acceptors (Lipinski definition) is 5. The molecule has 34 heavy (non-hydrogen) atoms. The highest BCUT2D eigenvalue weighted by Crippen LogP contribution is 2.39. The Hall–Kier alpha value is -3.33. The number of hydrogen-bond donors (Lipinski definition) is 3. The fourth-order valence-corrected chi connectivity index (χ4v) is 4.70. The third-order valence-electron chi connectivity index (χ3n) is 6.67. The third kappa shape index (κ3) is 4.94. The van der Waals surface area contributed by atoms with E-state index in [1.54, 1.807) is 25.1 Å². The summed E-state index contributed by atoms with van der Waals surface area (Å²) in [7, 11) is 0. The van der Waals surface area contributed by atoms with E-state index in [1.165, 1.54) is 12.1 Å². The third-order valence-corrected chi connectivity index (χ3v) is 6.67. The van der Waals surface area contributed by atoms with Gasteiger partial charge in [0.2, 0.25) is 0 Å². The summed E-state index contributed by atoms with van der Waals surface area (Å²) in [6.07, 6.45) is 0.602. The number of rotatable bonds is 7. The molecular formula is C25H29F2N5O2. The van der Waals surface area contributed by atoms with Gasteiger partial charge < -0.3 is 10.4 Å². The Balaban J connectivity index is 1.52. The predicted octanol–water partition coefficient (Wildman–Crippen LogP) is 4.74. The number of carboxylic acids is 1. The zero-order valence-electron chi connectivity index (χ0n) is 19.5. The molecule has 4 rings (SSSR count).